The molecule has 1 aliphatic carbocycles. The van der Waals surface area contributed by atoms with Gasteiger partial charge in [0.15, 0.2) is 17.3 Å². The van der Waals surface area contributed by atoms with Crippen molar-refractivity contribution in [3.05, 3.63) is 42.2 Å². The van der Waals surface area contributed by atoms with Crippen LogP contribution in [0.4, 0.5) is 17.2 Å². The van der Waals surface area contributed by atoms with E-state index in [1.54, 1.807) is 35.1 Å². The SMILES string of the molecule is [B]C([B])([B])NC(=O)c1nnc(NC(=O)C2CC2)cc1Nc1cccc(-c2ccn(CCNS(C)(=O)=O)n2)c1OC. The summed E-state index contributed by atoms with van der Waals surface area (Å²) in [6.07, 6.45) is 4.39. The quantitative estimate of drug-likeness (QED) is 0.221. The van der Waals surface area contributed by atoms with Gasteiger partial charge in [-0.25, -0.2) is 13.1 Å². The standard InChI is InChI=1S/C23H25B3N8O5S/c1-39-20-14(15-8-10-34(33-15)11-9-27-40(2,37)38)4-3-5-16(20)28-17-12-18(29-21(35)13-6-7-13)31-32-19(17)22(36)30-23(24,25)26/h3-5,8,10,12-13,27H,6-7,9,11H2,1-2H3,(H,30,36)(H2,28,29,31,35). The molecule has 6 radical (unpaired) electrons. The molecular weight excluding hydrogens is 533 g/mol. The summed E-state index contributed by atoms with van der Waals surface area (Å²) >= 11 is 0. The molecule has 202 valence electrons. The first-order valence-electron chi connectivity index (χ1n) is 12.1. The van der Waals surface area contributed by atoms with Crippen LogP contribution in [0.5, 0.6) is 5.75 Å². The minimum atomic E-state index is -3.32. The van der Waals surface area contributed by atoms with Crippen LogP contribution in [-0.4, -0.2) is 88.9 Å². The summed E-state index contributed by atoms with van der Waals surface area (Å²) in [4.78, 5) is 25.1. The average molecular weight is 558 g/mol. The van der Waals surface area contributed by atoms with Crippen molar-refractivity contribution in [3.63, 3.8) is 0 Å². The Morgan fingerprint density at radius 3 is 2.55 bits per heavy atom. The molecule has 1 fully saturated rings. The number of methoxy groups -OCH3 is 1. The van der Waals surface area contributed by atoms with Crippen molar-refractivity contribution < 1.29 is 22.7 Å². The number of anilines is 3. The third-order valence-electron chi connectivity index (χ3n) is 5.65. The van der Waals surface area contributed by atoms with E-state index in [2.05, 4.69) is 36.0 Å². The third-order valence-corrected chi connectivity index (χ3v) is 6.38. The van der Waals surface area contributed by atoms with Crippen LogP contribution in [-0.2, 0) is 21.4 Å². The first-order chi connectivity index (χ1) is 18.8. The van der Waals surface area contributed by atoms with Crippen molar-refractivity contribution in [3.8, 4) is 17.0 Å². The highest BCUT2D eigenvalue weighted by molar-refractivity contribution is 7.88. The average Bonchev–Trinajstić information content (AvgIpc) is 3.61. The van der Waals surface area contributed by atoms with Crippen molar-refractivity contribution in [1.82, 2.24) is 30.0 Å². The first kappa shape index (κ1) is 29.1. The Kier molecular flexibility index (Phi) is 8.54. The number of carbonyl (C=O) groups is 2. The van der Waals surface area contributed by atoms with Gasteiger partial charge in [0, 0.05) is 30.3 Å². The van der Waals surface area contributed by atoms with E-state index in [0.717, 1.165) is 19.1 Å². The van der Waals surface area contributed by atoms with Gasteiger partial charge in [0.1, 0.15) is 0 Å². The summed E-state index contributed by atoms with van der Waals surface area (Å²) in [5, 5.41) is 18.4. The molecule has 13 nitrogen and oxygen atoms in total. The Morgan fingerprint density at radius 2 is 1.90 bits per heavy atom. The molecule has 4 N–H and O–H groups in total. The molecule has 0 bridgehead atoms. The molecule has 17 heteroatoms. The van der Waals surface area contributed by atoms with Crippen LogP contribution < -0.4 is 25.4 Å². The summed E-state index contributed by atoms with van der Waals surface area (Å²) in [5.74, 6) is -0.553. The highest BCUT2D eigenvalue weighted by Gasteiger charge is 2.30. The number of benzene rings is 1. The predicted octanol–water partition coefficient (Wildman–Crippen LogP) is -0.163. The maximum absolute atomic E-state index is 12.8. The number of rotatable bonds is 12. The lowest BCUT2D eigenvalue weighted by atomic mass is 9.49. The van der Waals surface area contributed by atoms with E-state index in [0.29, 0.717) is 29.2 Å². The summed E-state index contributed by atoms with van der Waals surface area (Å²) < 4.78 is 32.3. The van der Waals surface area contributed by atoms with Crippen molar-refractivity contribution in [2.45, 2.75) is 24.6 Å². The zero-order valence-electron chi connectivity index (χ0n) is 21.8. The summed E-state index contributed by atoms with van der Waals surface area (Å²) in [7, 11) is 14.8. The lowest BCUT2D eigenvalue weighted by molar-refractivity contribution is -0.117. The van der Waals surface area contributed by atoms with Crippen LogP contribution in [0.25, 0.3) is 11.3 Å². The van der Waals surface area contributed by atoms with Gasteiger partial charge in [-0.3, -0.25) is 14.3 Å². The molecule has 1 saturated carbocycles. The zero-order valence-corrected chi connectivity index (χ0v) is 22.7. The van der Waals surface area contributed by atoms with Gasteiger partial charge in [-0.15, -0.1) is 10.2 Å². The van der Waals surface area contributed by atoms with Crippen LogP contribution in [0, 0.1) is 5.92 Å². The second kappa shape index (κ2) is 11.7. The number of aromatic nitrogens is 4. The Bertz CT molecular complexity index is 1520. The van der Waals surface area contributed by atoms with E-state index in [9.17, 15) is 18.0 Å². The maximum atomic E-state index is 12.8. The van der Waals surface area contributed by atoms with Crippen molar-refractivity contribution in [2.75, 3.05) is 30.5 Å². The Balaban J connectivity index is 1.64. The molecule has 0 atom stereocenters. The number of nitrogens with zero attached hydrogens (tertiary/aromatic N) is 4. The molecule has 2 aromatic heterocycles. The van der Waals surface area contributed by atoms with Gasteiger partial charge in [0.25, 0.3) is 5.91 Å². The number of hydrogen-bond acceptors (Lipinski definition) is 9. The van der Waals surface area contributed by atoms with Crippen LogP contribution >= 0.6 is 0 Å². The Labute approximate surface area is 235 Å². The molecule has 4 rings (SSSR count). The molecule has 1 aliphatic rings. The lowest BCUT2D eigenvalue weighted by Gasteiger charge is -2.23. The minimum absolute atomic E-state index is 0.0766. The monoisotopic (exact) mass is 558 g/mol. The summed E-state index contributed by atoms with van der Waals surface area (Å²) in [5.41, 5.74) is 1.58. The number of hydrogen-bond donors (Lipinski definition) is 4. The highest BCUT2D eigenvalue weighted by Crippen LogP contribution is 2.38. The fourth-order valence-electron chi connectivity index (χ4n) is 3.72. The fourth-order valence-corrected chi connectivity index (χ4v) is 4.19. The van der Waals surface area contributed by atoms with E-state index < -0.39 is 21.2 Å². The molecule has 0 spiro atoms. The topological polar surface area (TPSA) is 169 Å². The minimum Gasteiger partial charge on any atom is -0.494 e. The number of carbonyl (C=O) groups excluding carboxylic acids is 2. The summed E-state index contributed by atoms with van der Waals surface area (Å²) in [6.45, 7) is 0.489. The number of amides is 2. The van der Waals surface area contributed by atoms with Crippen molar-refractivity contribution in [1.29, 1.82) is 0 Å². The second-order valence-corrected chi connectivity index (χ2v) is 11.1. The number of para-hydroxylation sites is 1. The van der Waals surface area contributed by atoms with E-state index in [1.165, 1.54) is 13.2 Å². The van der Waals surface area contributed by atoms with Crippen LogP contribution in [0.3, 0.4) is 0 Å². The molecule has 1 aromatic carbocycles. The molecule has 0 aliphatic heterocycles. The van der Waals surface area contributed by atoms with E-state index >= 15 is 0 Å². The van der Waals surface area contributed by atoms with Gasteiger partial charge in [0.2, 0.25) is 15.9 Å². The second-order valence-electron chi connectivity index (χ2n) is 9.28. The van der Waals surface area contributed by atoms with E-state index in [4.69, 9.17) is 28.3 Å². The Morgan fingerprint density at radius 1 is 1.15 bits per heavy atom. The third kappa shape index (κ3) is 7.85. The molecule has 2 heterocycles. The van der Waals surface area contributed by atoms with Gasteiger partial charge >= 0.3 is 0 Å². The molecule has 0 unspecified atom stereocenters. The molecule has 3 aromatic rings. The zero-order chi connectivity index (χ0) is 29.1. The molecule has 0 saturated heterocycles. The summed E-state index contributed by atoms with van der Waals surface area (Å²) in [6, 6.07) is 8.45. The van der Waals surface area contributed by atoms with Crippen molar-refractivity contribution >= 4 is 62.6 Å². The van der Waals surface area contributed by atoms with E-state index in [-0.39, 0.29) is 35.6 Å². The molecule has 40 heavy (non-hydrogen) atoms. The number of nitrogens with one attached hydrogen (secondary N) is 4. The van der Waals surface area contributed by atoms with Gasteiger partial charge in [0.05, 0.1) is 60.5 Å². The van der Waals surface area contributed by atoms with Crippen LogP contribution in [0.15, 0.2) is 36.5 Å². The van der Waals surface area contributed by atoms with Gasteiger partial charge in [-0.1, -0.05) is 11.3 Å². The predicted molar refractivity (Wildman–Crippen MR) is 151 cm³/mol. The number of sulfonamides is 1. The smallest absolute Gasteiger partial charge is 0.272 e. The van der Waals surface area contributed by atoms with Gasteiger partial charge < -0.3 is 20.7 Å². The highest BCUT2D eigenvalue weighted by atomic mass is 32.2. The maximum Gasteiger partial charge on any atom is 0.272 e. The fraction of sp³-hybridized carbons (Fsp3) is 0.348. The Hall–Kier alpha value is -3.85. The lowest BCUT2D eigenvalue weighted by Crippen LogP contribution is -2.50. The molecule has 2 amide bonds. The van der Waals surface area contributed by atoms with E-state index in [1.807, 2.05) is 0 Å². The number of ether oxygens (including phenoxy) is 1. The van der Waals surface area contributed by atoms with Gasteiger partial charge in [-0.2, -0.15) is 5.10 Å². The normalized spacial score (nSPS) is 13.4. The van der Waals surface area contributed by atoms with Crippen LogP contribution in [0.2, 0.25) is 0 Å². The van der Waals surface area contributed by atoms with Crippen molar-refractivity contribution in [2.24, 2.45) is 5.92 Å². The van der Waals surface area contributed by atoms with Crippen LogP contribution in [0.1, 0.15) is 23.3 Å². The molecular formula is C23H25B3N8O5S. The first-order valence-corrected chi connectivity index (χ1v) is 14.0. The largest absolute Gasteiger partial charge is 0.494 e. The van der Waals surface area contributed by atoms with Gasteiger partial charge in [-0.05, 0) is 31.0 Å².